The summed E-state index contributed by atoms with van der Waals surface area (Å²) < 4.78 is 0. The zero-order valence-electron chi connectivity index (χ0n) is 10.7. The van der Waals surface area contributed by atoms with Crippen LogP contribution < -0.4 is 16.6 Å². The van der Waals surface area contributed by atoms with E-state index in [1.165, 1.54) is 6.20 Å². The lowest BCUT2D eigenvalue weighted by Gasteiger charge is -2.14. The molecule has 0 aliphatic carbocycles. The Hall–Kier alpha value is -1.95. The highest BCUT2D eigenvalue weighted by Gasteiger charge is 2.16. The number of aromatic nitrogens is 1. The molecule has 0 aliphatic heterocycles. The first-order chi connectivity index (χ1) is 8.69. The van der Waals surface area contributed by atoms with Crippen LogP contribution in [-0.2, 0) is 0 Å². The van der Waals surface area contributed by atoms with Gasteiger partial charge in [0.1, 0.15) is 5.82 Å². The van der Waals surface area contributed by atoms with E-state index in [0.29, 0.717) is 35.6 Å². The van der Waals surface area contributed by atoms with Crippen LogP contribution in [0.4, 0.5) is 11.5 Å². The first-order valence-electron chi connectivity index (χ1n) is 5.96. The van der Waals surface area contributed by atoms with Crippen molar-refractivity contribution in [3.05, 3.63) is 17.3 Å². The average Bonchev–Trinajstić information content (AvgIpc) is 2.38. The number of carbonyl (C=O) groups excluding carboxylic acids is 1. The zero-order valence-corrected chi connectivity index (χ0v) is 10.7. The van der Waals surface area contributed by atoms with Crippen LogP contribution in [0.15, 0.2) is 6.20 Å². The maximum absolute atomic E-state index is 11.9. The summed E-state index contributed by atoms with van der Waals surface area (Å²) in [6.45, 7) is 4.55. The van der Waals surface area contributed by atoms with Gasteiger partial charge in [-0.1, -0.05) is 6.92 Å². The second-order valence-electron chi connectivity index (χ2n) is 3.80. The lowest BCUT2D eigenvalue weighted by atomic mass is 10.0. The third-order valence-corrected chi connectivity index (χ3v) is 2.53. The average molecular weight is 249 g/mol. The Labute approximate surface area is 106 Å². The predicted molar refractivity (Wildman–Crippen MR) is 73.3 cm³/mol. The molecule has 18 heavy (non-hydrogen) atoms. The summed E-state index contributed by atoms with van der Waals surface area (Å²) in [5.41, 5.74) is 3.89. The van der Waals surface area contributed by atoms with Gasteiger partial charge in [0.25, 0.3) is 0 Å². The van der Waals surface area contributed by atoms with Crippen molar-refractivity contribution in [2.24, 2.45) is 5.84 Å². The Morgan fingerprint density at radius 3 is 2.78 bits per heavy atom. The number of hydrogen-bond acceptors (Lipinski definition) is 6. The van der Waals surface area contributed by atoms with Crippen molar-refractivity contribution in [3.8, 4) is 0 Å². The fourth-order valence-corrected chi connectivity index (χ4v) is 1.70. The van der Waals surface area contributed by atoms with E-state index >= 15 is 0 Å². The zero-order chi connectivity index (χ0) is 13.5. The molecule has 1 aromatic heterocycles. The van der Waals surface area contributed by atoms with Crippen LogP contribution in [0.3, 0.4) is 0 Å². The highest BCUT2D eigenvalue weighted by Crippen LogP contribution is 2.25. The summed E-state index contributed by atoms with van der Waals surface area (Å²) in [7, 11) is 0. The minimum Gasteiger partial charge on any atom is -0.370 e. The molecule has 0 bridgehead atoms. The first-order valence-corrected chi connectivity index (χ1v) is 5.96. The second-order valence-corrected chi connectivity index (χ2v) is 3.80. The molecule has 1 aromatic rings. The maximum atomic E-state index is 11.9. The molecule has 0 radical (unpaired) electrons. The van der Waals surface area contributed by atoms with E-state index in [4.69, 9.17) is 11.3 Å². The van der Waals surface area contributed by atoms with Gasteiger partial charge in [-0.05, 0) is 13.3 Å². The van der Waals surface area contributed by atoms with E-state index in [9.17, 15) is 4.79 Å². The third-order valence-electron chi connectivity index (χ3n) is 2.53. The molecule has 0 spiro atoms. The van der Waals surface area contributed by atoms with Gasteiger partial charge in [-0.3, -0.25) is 10.6 Å². The molecule has 1 rings (SSSR count). The van der Waals surface area contributed by atoms with Crippen molar-refractivity contribution in [1.82, 2.24) is 4.98 Å². The highest BCUT2D eigenvalue weighted by molar-refractivity contribution is 6.06. The van der Waals surface area contributed by atoms with E-state index in [1.54, 1.807) is 0 Å². The van der Waals surface area contributed by atoms with Gasteiger partial charge in [0.05, 0.1) is 16.8 Å². The fourth-order valence-electron chi connectivity index (χ4n) is 1.70. The number of Topliss-reactive ketones (excluding diaryl/α,β-unsaturated/α-hetero) is 1. The molecule has 6 heteroatoms. The molecule has 0 unspecified atom stereocenters. The molecule has 98 valence electrons. The molecule has 0 atom stereocenters. The number of hydrazine groups is 1. The van der Waals surface area contributed by atoms with Crippen molar-refractivity contribution >= 4 is 23.5 Å². The maximum Gasteiger partial charge on any atom is 0.166 e. The molecule has 0 aromatic carbocycles. The Kier molecular flexibility index (Phi) is 5.26. The number of nitrogens with zero attached hydrogens (tertiary/aromatic N) is 1. The Bertz CT molecular complexity index is 444. The Balaban J connectivity index is 3.29. The van der Waals surface area contributed by atoms with E-state index in [0.717, 1.165) is 12.6 Å². The smallest absolute Gasteiger partial charge is 0.166 e. The van der Waals surface area contributed by atoms with Gasteiger partial charge in [0.2, 0.25) is 0 Å². The normalized spacial score (nSPS) is 9.94. The summed E-state index contributed by atoms with van der Waals surface area (Å²) in [6.07, 6.45) is 3.84. The van der Waals surface area contributed by atoms with Crippen LogP contribution in [-0.4, -0.2) is 23.5 Å². The van der Waals surface area contributed by atoms with Crippen molar-refractivity contribution in [3.63, 3.8) is 0 Å². The number of pyridine rings is 1. The lowest BCUT2D eigenvalue weighted by Crippen LogP contribution is -2.17. The van der Waals surface area contributed by atoms with Gasteiger partial charge in [0, 0.05) is 25.4 Å². The molecular weight excluding hydrogens is 230 g/mol. The summed E-state index contributed by atoms with van der Waals surface area (Å²) in [4.78, 5) is 16.1. The minimum absolute atomic E-state index is 0.0240. The van der Waals surface area contributed by atoms with Gasteiger partial charge in [-0.2, -0.15) is 0 Å². The molecule has 5 N–H and O–H groups in total. The number of rotatable bonds is 7. The highest BCUT2D eigenvalue weighted by atomic mass is 16.1. The van der Waals surface area contributed by atoms with Crippen molar-refractivity contribution in [2.45, 2.75) is 26.7 Å². The van der Waals surface area contributed by atoms with Crippen molar-refractivity contribution < 1.29 is 4.79 Å². The van der Waals surface area contributed by atoms with Crippen LogP contribution >= 0.6 is 0 Å². The minimum atomic E-state index is -0.0240. The molecule has 0 fully saturated rings. The molecule has 6 nitrogen and oxygen atoms in total. The summed E-state index contributed by atoms with van der Waals surface area (Å²) in [5, 5.41) is 10.5. The number of carbonyl (C=O) groups is 1. The molecular formula is C12H19N5O. The monoisotopic (exact) mass is 249 g/mol. The first kappa shape index (κ1) is 14.1. The van der Waals surface area contributed by atoms with E-state index in [1.807, 2.05) is 13.8 Å². The molecule has 0 saturated carbocycles. The summed E-state index contributed by atoms with van der Waals surface area (Å²) in [6, 6.07) is 0. The van der Waals surface area contributed by atoms with Crippen molar-refractivity contribution in [1.29, 1.82) is 5.41 Å². The molecule has 0 amide bonds. The van der Waals surface area contributed by atoms with Crippen LogP contribution in [0.5, 0.6) is 0 Å². The number of nitrogen functional groups attached to an aromatic ring is 1. The van der Waals surface area contributed by atoms with Crippen LogP contribution in [0.2, 0.25) is 0 Å². The second kappa shape index (κ2) is 6.70. The standard InChI is InChI=1S/C12H19N5O/c1-3-5-10(18)9-7-16-12(15-4-2)8(6-13)11(9)17-14/h6-7,13H,3-5,14H2,1-2H3,(H2,15,16,17). The van der Waals surface area contributed by atoms with E-state index < -0.39 is 0 Å². The molecule has 0 saturated heterocycles. The lowest BCUT2D eigenvalue weighted by molar-refractivity contribution is 0.0982. The van der Waals surface area contributed by atoms with Gasteiger partial charge in [-0.15, -0.1) is 0 Å². The van der Waals surface area contributed by atoms with Crippen LogP contribution in [0.1, 0.15) is 42.6 Å². The Morgan fingerprint density at radius 2 is 2.28 bits per heavy atom. The van der Waals surface area contributed by atoms with Crippen LogP contribution in [0.25, 0.3) is 0 Å². The number of nitrogens with two attached hydrogens (primary N) is 1. The molecule has 1 heterocycles. The summed E-state index contributed by atoms with van der Waals surface area (Å²) >= 11 is 0. The third kappa shape index (κ3) is 2.84. The summed E-state index contributed by atoms with van der Waals surface area (Å²) in [5.74, 6) is 5.99. The fraction of sp³-hybridized carbons (Fsp3) is 0.417. The number of hydrogen-bond donors (Lipinski definition) is 4. The Morgan fingerprint density at radius 1 is 1.56 bits per heavy atom. The largest absolute Gasteiger partial charge is 0.370 e. The van der Waals surface area contributed by atoms with Crippen LogP contribution in [0, 0.1) is 5.41 Å². The SMILES string of the molecule is CCCC(=O)c1cnc(NCC)c(C=N)c1NN. The molecule has 0 aliphatic rings. The van der Waals surface area contributed by atoms with Gasteiger partial charge >= 0.3 is 0 Å². The van der Waals surface area contributed by atoms with Gasteiger partial charge < -0.3 is 16.2 Å². The predicted octanol–water partition coefficient (Wildman–Crippen LogP) is 1.78. The van der Waals surface area contributed by atoms with E-state index in [-0.39, 0.29) is 5.78 Å². The van der Waals surface area contributed by atoms with E-state index in [2.05, 4.69) is 15.7 Å². The van der Waals surface area contributed by atoms with Gasteiger partial charge in [0.15, 0.2) is 5.78 Å². The number of ketones is 1. The topological polar surface area (TPSA) is 104 Å². The van der Waals surface area contributed by atoms with Gasteiger partial charge in [-0.25, -0.2) is 4.98 Å². The number of nitrogens with one attached hydrogen (secondary N) is 3. The quantitative estimate of drug-likeness (QED) is 0.255. The number of anilines is 2. The van der Waals surface area contributed by atoms with Crippen molar-refractivity contribution in [2.75, 3.05) is 17.3 Å².